The van der Waals surface area contributed by atoms with Crippen LogP contribution in [0.1, 0.15) is 39.5 Å². The summed E-state index contributed by atoms with van der Waals surface area (Å²) in [4.78, 5) is 0. The van der Waals surface area contributed by atoms with E-state index in [4.69, 9.17) is 0 Å². The van der Waals surface area contributed by atoms with E-state index in [-0.39, 0.29) is 0 Å². The van der Waals surface area contributed by atoms with Gasteiger partial charge in [0.2, 0.25) is 0 Å². The summed E-state index contributed by atoms with van der Waals surface area (Å²) in [6, 6.07) is 0. The standard InChI is InChI=1S/C14H29N3O2S/c1-3-16(12-14-6-8-15-9-7-14)20(18,19)17-10-4-5-13(2)11-17/h13-15H,3-12H2,1-2H3. The maximum absolute atomic E-state index is 12.8. The SMILES string of the molecule is CCN(CC1CCNCC1)S(=O)(=O)N1CCCC(C)C1. The van der Waals surface area contributed by atoms with Gasteiger partial charge in [-0.1, -0.05) is 13.8 Å². The van der Waals surface area contributed by atoms with Gasteiger partial charge >= 0.3 is 0 Å². The van der Waals surface area contributed by atoms with Crippen molar-refractivity contribution >= 4 is 10.2 Å². The molecule has 1 unspecified atom stereocenters. The van der Waals surface area contributed by atoms with E-state index < -0.39 is 10.2 Å². The third-order valence-corrected chi connectivity index (χ3v) is 6.59. The molecule has 0 aromatic heterocycles. The van der Waals surface area contributed by atoms with Gasteiger partial charge in [0.1, 0.15) is 0 Å². The molecule has 2 aliphatic heterocycles. The second-order valence-electron chi connectivity index (χ2n) is 6.26. The Balaban J connectivity index is 2.00. The molecular weight excluding hydrogens is 274 g/mol. The topological polar surface area (TPSA) is 52.7 Å². The van der Waals surface area contributed by atoms with Gasteiger partial charge in [-0.3, -0.25) is 0 Å². The van der Waals surface area contributed by atoms with Crippen molar-refractivity contribution in [1.82, 2.24) is 13.9 Å². The Labute approximate surface area is 123 Å². The molecule has 5 nitrogen and oxygen atoms in total. The van der Waals surface area contributed by atoms with Crippen molar-refractivity contribution in [2.75, 3.05) is 39.3 Å². The van der Waals surface area contributed by atoms with E-state index in [0.29, 0.717) is 38.0 Å². The Morgan fingerprint density at radius 2 is 1.95 bits per heavy atom. The summed E-state index contributed by atoms with van der Waals surface area (Å²) in [7, 11) is -3.26. The number of piperidine rings is 2. The first-order chi connectivity index (χ1) is 9.54. The molecule has 0 saturated carbocycles. The quantitative estimate of drug-likeness (QED) is 0.832. The molecule has 118 valence electrons. The van der Waals surface area contributed by atoms with Crippen molar-refractivity contribution in [1.29, 1.82) is 0 Å². The van der Waals surface area contributed by atoms with Crippen LogP contribution in [0.4, 0.5) is 0 Å². The minimum absolute atomic E-state index is 0.483. The molecule has 0 radical (unpaired) electrons. The van der Waals surface area contributed by atoms with Gasteiger partial charge in [-0.2, -0.15) is 17.0 Å². The Hall–Kier alpha value is -0.170. The van der Waals surface area contributed by atoms with E-state index in [1.165, 1.54) is 0 Å². The highest BCUT2D eigenvalue weighted by Gasteiger charge is 2.33. The predicted molar refractivity (Wildman–Crippen MR) is 81.7 cm³/mol. The molecule has 0 aromatic rings. The number of nitrogens with one attached hydrogen (secondary N) is 1. The summed E-state index contributed by atoms with van der Waals surface area (Å²) in [5.41, 5.74) is 0. The lowest BCUT2D eigenvalue weighted by atomic mass is 9.98. The van der Waals surface area contributed by atoms with Crippen molar-refractivity contribution in [3.05, 3.63) is 0 Å². The first-order valence-electron chi connectivity index (χ1n) is 8.00. The van der Waals surface area contributed by atoms with Crippen LogP contribution < -0.4 is 5.32 Å². The summed E-state index contributed by atoms with van der Waals surface area (Å²) >= 11 is 0. The molecule has 0 aliphatic carbocycles. The van der Waals surface area contributed by atoms with E-state index in [1.807, 2.05) is 6.92 Å². The van der Waals surface area contributed by atoms with Gasteiger partial charge in [0, 0.05) is 26.2 Å². The average molecular weight is 303 g/mol. The van der Waals surface area contributed by atoms with Crippen molar-refractivity contribution in [2.45, 2.75) is 39.5 Å². The Morgan fingerprint density at radius 1 is 1.25 bits per heavy atom. The van der Waals surface area contributed by atoms with Gasteiger partial charge in [0.25, 0.3) is 10.2 Å². The third kappa shape index (κ3) is 3.93. The molecule has 2 rings (SSSR count). The van der Waals surface area contributed by atoms with Crippen molar-refractivity contribution in [3.8, 4) is 0 Å². The minimum Gasteiger partial charge on any atom is -0.317 e. The third-order valence-electron chi connectivity index (χ3n) is 4.55. The van der Waals surface area contributed by atoms with Crippen molar-refractivity contribution in [2.24, 2.45) is 11.8 Å². The van der Waals surface area contributed by atoms with Crippen LogP contribution in [0.3, 0.4) is 0 Å². The summed E-state index contributed by atoms with van der Waals surface area (Å²) in [5.74, 6) is 0.990. The van der Waals surface area contributed by atoms with Gasteiger partial charge in [-0.15, -0.1) is 0 Å². The largest absolute Gasteiger partial charge is 0.317 e. The normalized spacial score (nSPS) is 27.1. The maximum atomic E-state index is 12.8. The molecule has 1 N–H and O–H groups in total. The van der Waals surface area contributed by atoms with Crippen LogP contribution in [-0.4, -0.2) is 56.3 Å². The zero-order valence-corrected chi connectivity index (χ0v) is 13.7. The highest BCUT2D eigenvalue weighted by atomic mass is 32.2. The van der Waals surface area contributed by atoms with E-state index in [0.717, 1.165) is 38.8 Å². The van der Waals surface area contributed by atoms with Gasteiger partial charge in [-0.25, -0.2) is 0 Å². The van der Waals surface area contributed by atoms with Crippen molar-refractivity contribution < 1.29 is 8.42 Å². The van der Waals surface area contributed by atoms with Crippen LogP contribution in [0.5, 0.6) is 0 Å². The van der Waals surface area contributed by atoms with Gasteiger partial charge in [0.15, 0.2) is 0 Å². The number of hydrogen-bond donors (Lipinski definition) is 1. The average Bonchev–Trinajstić information content (AvgIpc) is 2.45. The monoisotopic (exact) mass is 303 g/mol. The number of hydrogen-bond acceptors (Lipinski definition) is 3. The molecule has 0 bridgehead atoms. The fraction of sp³-hybridized carbons (Fsp3) is 1.00. The zero-order chi connectivity index (χ0) is 14.6. The summed E-state index contributed by atoms with van der Waals surface area (Å²) in [5, 5.41) is 3.34. The maximum Gasteiger partial charge on any atom is 0.281 e. The first-order valence-corrected chi connectivity index (χ1v) is 9.39. The Kier molecular flexibility index (Phi) is 5.84. The molecule has 2 heterocycles. The fourth-order valence-corrected chi connectivity index (χ4v) is 5.11. The molecule has 0 aromatic carbocycles. The highest BCUT2D eigenvalue weighted by molar-refractivity contribution is 7.86. The van der Waals surface area contributed by atoms with E-state index >= 15 is 0 Å². The molecule has 6 heteroatoms. The van der Waals surface area contributed by atoms with E-state index in [1.54, 1.807) is 8.61 Å². The van der Waals surface area contributed by atoms with Crippen LogP contribution in [0.15, 0.2) is 0 Å². The van der Waals surface area contributed by atoms with E-state index in [2.05, 4.69) is 12.2 Å². The predicted octanol–water partition coefficient (Wildman–Crippen LogP) is 1.28. The highest BCUT2D eigenvalue weighted by Crippen LogP contribution is 2.22. The van der Waals surface area contributed by atoms with Crippen LogP contribution in [0.25, 0.3) is 0 Å². The summed E-state index contributed by atoms with van der Waals surface area (Å²) < 4.78 is 28.9. The lowest BCUT2D eigenvalue weighted by Crippen LogP contribution is -2.49. The second-order valence-corrected chi connectivity index (χ2v) is 8.19. The van der Waals surface area contributed by atoms with Crippen LogP contribution >= 0.6 is 0 Å². The fourth-order valence-electron chi connectivity index (χ4n) is 3.26. The molecule has 1 atom stereocenters. The molecule has 0 amide bonds. The number of nitrogens with zero attached hydrogens (tertiary/aromatic N) is 2. The molecular formula is C14H29N3O2S. The Morgan fingerprint density at radius 3 is 2.55 bits per heavy atom. The van der Waals surface area contributed by atoms with Crippen LogP contribution in [0, 0.1) is 11.8 Å². The second kappa shape index (κ2) is 7.20. The summed E-state index contributed by atoms with van der Waals surface area (Å²) in [6.07, 6.45) is 4.31. The zero-order valence-electron chi connectivity index (χ0n) is 12.8. The molecule has 20 heavy (non-hydrogen) atoms. The van der Waals surface area contributed by atoms with Crippen molar-refractivity contribution in [3.63, 3.8) is 0 Å². The molecule has 2 aliphatic rings. The van der Waals surface area contributed by atoms with Gasteiger partial charge < -0.3 is 5.32 Å². The first kappa shape index (κ1) is 16.2. The number of rotatable bonds is 5. The smallest absolute Gasteiger partial charge is 0.281 e. The van der Waals surface area contributed by atoms with Crippen LogP contribution in [-0.2, 0) is 10.2 Å². The summed E-state index contributed by atoms with van der Waals surface area (Å²) in [6.45, 7) is 8.77. The van der Waals surface area contributed by atoms with Gasteiger partial charge in [0.05, 0.1) is 0 Å². The molecule has 0 spiro atoms. The van der Waals surface area contributed by atoms with E-state index in [9.17, 15) is 8.42 Å². The lowest BCUT2D eigenvalue weighted by molar-refractivity contribution is 0.240. The lowest BCUT2D eigenvalue weighted by Gasteiger charge is -2.36. The van der Waals surface area contributed by atoms with Crippen LogP contribution in [0.2, 0.25) is 0 Å². The Bertz CT molecular complexity index is 393. The molecule has 2 fully saturated rings. The minimum atomic E-state index is -3.26. The molecule has 2 saturated heterocycles. The van der Waals surface area contributed by atoms with Gasteiger partial charge in [-0.05, 0) is 50.6 Å².